The van der Waals surface area contributed by atoms with E-state index in [0.717, 1.165) is 35.2 Å². The number of carbonyl (C=O) groups is 1. The van der Waals surface area contributed by atoms with Gasteiger partial charge in [0.05, 0.1) is 22.6 Å². The van der Waals surface area contributed by atoms with Crippen LogP contribution in [0.1, 0.15) is 33.9 Å². The Hall–Kier alpha value is -2.73. The number of nitrogens with one attached hydrogen (secondary N) is 1. The molecule has 1 saturated heterocycles. The maximum Gasteiger partial charge on any atom is 0.268 e. The highest BCUT2D eigenvalue weighted by Gasteiger charge is 2.19. The molecule has 1 aliphatic heterocycles. The molecule has 1 aliphatic rings. The van der Waals surface area contributed by atoms with Crippen LogP contribution in [0.25, 0.3) is 11.3 Å². The van der Waals surface area contributed by atoms with Crippen molar-refractivity contribution in [1.82, 2.24) is 9.97 Å². The second kappa shape index (κ2) is 7.88. The highest BCUT2D eigenvalue weighted by Crippen LogP contribution is 2.29. The Morgan fingerprint density at radius 2 is 1.85 bits per heavy atom. The minimum Gasteiger partial charge on any atom is -0.357 e. The van der Waals surface area contributed by atoms with E-state index >= 15 is 0 Å². The maximum absolute atomic E-state index is 12.8. The van der Waals surface area contributed by atoms with Crippen LogP contribution >= 0.6 is 11.3 Å². The monoisotopic (exact) mass is 378 g/mol. The minimum atomic E-state index is -0.146. The molecule has 0 radical (unpaired) electrons. The van der Waals surface area contributed by atoms with E-state index in [9.17, 15) is 4.79 Å². The lowest BCUT2D eigenvalue weighted by molar-refractivity contribution is 0.103. The van der Waals surface area contributed by atoms with Gasteiger partial charge in [-0.25, -0.2) is 9.97 Å². The molecular weight excluding hydrogens is 356 g/mol. The van der Waals surface area contributed by atoms with E-state index in [-0.39, 0.29) is 5.91 Å². The molecule has 0 aliphatic carbocycles. The number of amides is 1. The molecular formula is C21H22N4OS. The molecule has 27 heavy (non-hydrogen) atoms. The third-order valence-corrected chi connectivity index (χ3v) is 5.64. The molecule has 3 aromatic rings. The van der Waals surface area contributed by atoms with Crippen molar-refractivity contribution in [1.29, 1.82) is 0 Å². The molecule has 1 amide bonds. The van der Waals surface area contributed by atoms with Gasteiger partial charge in [-0.3, -0.25) is 4.79 Å². The first-order valence-corrected chi connectivity index (χ1v) is 10.1. The van der Waals surface area contributed by atoms with E-state index in [4.69, 9.17) is 0 Å². The molecule has 0 bridgehead atoms. The Morgan fingerprint density at radius 3 is 2.56 bits per heavy atom. The molecule has 5 nitrogen and oxygen atoms in total. The van der Waals surface area contributed by atoms with Crippen molar-refractivity contribution in [3.8, 4) is 11.3 Å². The van der Waals surface area contributed by atoms with E-state index in [1.807, 2.05) is 49.4 Å². The molecule has 4 rings (SSSR count). The standard InChI is InChI=1S/C21H22N4OS/c1-15-23-19(16-8-4-2-5-9-16)20(27-15)21(26)24-17-10-11-18(22-14-17)25-12-6-3-7-13-25/h2,4-5,8-11,14H,3,6-7,12-13H2,1H3,(H,24,26). The Morgan fingerprint density at radius 1 is 1.07 bits per heavy atom. The van der Waals surface area contributed by atoms with E-state index in [2.05, 4.69) is 20.2 Å². The molecule has 0 atom stereocenters. The number of aromatic nitrogens is 2. The molecule has 0 spiro atoms. The van der Waals surface area contributed by atoms with Gasteiger partial charge in [-0.1, -0.05) is 30.3 Å². The van der Waals surface area contributed by atoms with Gasteiger partial charge in [0, 0.05) is 18.7 Å². The number of hydrogen-bond acceptors (Lipinski definition) is 5. The Labute approximate surface area is 163 Å². The second-order valence-electron chi connectivity index (χ2n) is 6.68. The summed E-state index contributed by atoms with van der Waals surface area (Å²) in [6.07, 6.45) is 5.46. The molecule has 1 fully saturated rings. The van der Waals surface area contributed by atoms with E-state index < -0.39 is 0 Å². The van der Waals surface area contributed by atoms with Gasteiger partial charge in [0.25, 0.3) is 5.91 Å². The summed E-state index contributed by atoms with van der Waals surface area (Å²) in [5, 5.41) is 3.84. The van der Waals surface area contributed by atoms with Crippen molar-refractivity contribution in [2.45, 2.75) is 26.2 Å². The average molecular weight is 379 g/mol. The average Bonchev–Trinajstić information content (AvgIpc) is 3.12. The van der Waals surface area contributed by atoms with Crippen LogP contribution in [0.15, 0.2) is 48.7 Å². The minimum absolute atomic E-state index is 0.146. The van der Waals surface area contributed by atoms with Gasteiger partial charge in [0.15, 0.2) is 0 Å². The van der Waals surface area contributed by atoms with Crippen LogP contribution in [0.2, 0.25) is 0 Å². The van der Waals surface area contributed by atoms with Gasteiger partial charge >= 0.3 is 0 Å². The number of hydrogen-bond donors (Lipinski definition) is 1. The fourth-order valence-electron chi connectivity index (χ4n) is 3.33. The molecule has 2 aromatic heterocycles. The van der Waals surface area contributed by atoms with Crippen molar-refractivity contribution >= 4 is 28.7 Å². The second-order valence-corrected chi connectivity index (χ2v) is 7.89. The number of rotatable bonds is 4. The van der Waals surface area contributed by atoms with Crippen LogP contribution < -0.4 is 10.2 Å². The third-order valence-electron chi connectivity index (χ3n) is 4.67. The van der Waals surface area contributed by atoms with Gasteiger partial charge in [0.1, 0.15) is 10.7 Å². The first-order chi connectivity index (χ1) is 13.2. The van der Waals surface area contributed by atoms with Crippen molar-refractivity contribution in [2.24, 2.45) is 0 Å². The van der Waals surface area contributed by atoms with Gasteiger partial charge < -0.3 is 10.2 Å². The first-order valence-electron chi connectivity index (χ1n) is 9.26. The van der Waals surface area contributed by atoms with Crippen LogP contribution in [0.5, 0.6) is 0 Å². The molecule has 3 heterocycles. The number of thiazole rings is 1. The molecule has 6 heteroatoms. The molecule has 0 unspecified atom stereocenters. The number of piperidine rings is 1. The van der Waals surface area contributed by atoms with Gasteiger partial charge in [-0.15, -0.1) is 11.3 Å². The summed E-state index contributed by atoms with van der Waals surface area (Å²) < 4.78 is 0. The van der Waals surface area contributed by atoms with E-state index in [1.165, 1.54) is 30.6 Å². The number of anilines is 2. The predicted molar refractivity (Wildman–Crippen MR) is 111 cm³/mol. The van der Waals surface area contributed by atoms with Gasteiger partial charge in [0.2, 0.25) is 0 Å². The fourth-order valence-corrected chi connectivity index (χ4v) is 4.17. The topological polar surface area (TPSA) is 58.1 Å². The zero-order valence-corrected chi connectivity index (χ0v) is 16.1. The highest BCUT2D eigenvalue weighted by atomic mass is 32.1. The van der Waals surface area contributed by atoms with E-state index in [1.54, 1.807) is 6.20 Å². The van der Waals surface area contributed by atoms with Crippen molar-refractivity contribution < 1.29 is 4.79 Å². The molecule has 1 aromatic carbocycles. The van der Waals surface area contributed by atoms with Crippen LogP contribution in [-0.4, -0.2) is 29.0 Å². The van der Waals surface area contributed by atoms with Crippen LogP contribution in [0.4, 0.5) is 11.5 Å². The van der Waals surface area contributed by atoms with Crippen molar-refractivity contribution in [3.63, 3.8) is 0 Å². The van der Waals surface area contributed by atoms with Crippen molar-refractivity contribution in [2.75, 3.05) is 23.3 Å². The Balaban J connectivity index is 1.51. The summed E-state index contributed by atoms with van der Waals surface area (Å²) in [5.74, 6) is 0.832. The van der Waals surface area contributed by atoms with Crippen LogP contribution in [-0.2, 0) is 0 Å². The smallest absolute Gasteiger partial charge is 0.268 e. The summed E-state index contributed by atoms with van der Waals surface area (Å²) >= 11 is 1.41. The lowest BCUT2D eigenvalue weighted by atomic mass is 10.1. The van der Waals surface area contributed by atoms with Crippen molar-refractivity contribution in [3.05, 3.63) is 58.5 Å². The lowest BCUT2D eigenvalue weighted by Crippen LogP contribution is -2.30. The maximum atomic E-state index is 12.8. The largest absolute Gasteiger partial charge is 0.357 e. The van der Waals surface area contributed by atoms with Gasteiger partial charge in [-0.05, 0) is 38.3 Å². The van der Waals surface area contributed by atoms with E-state index in [0.29, 0.717) is 10.6 Å². The normalized spacial score (nSPS) is 14.2. The molecule has 138 valence electrons. The number of nitrogens with zero attached hydrogens (tertiary/aromatic N) is 3. The lowest BCUT2D eigenvalue weighted by Gasteiger charge is -2.27. The quantitative estimate of drug-likeness (QED) is 0.711. The third kappa shape index (κ3) is 4.01. The first kappa shape index (κ1) is 17.7. The number of aryl methyl sites for hydroxylation is 1. The number of benzene rings is 1. The van der Waals surface area contributed by atoms with Crippen LogP contribution in [0, 0.1) is 6.92 Å². The summed E-state index contributed by atoms with van der Waals surface area (Å²) in [7, 11) is 0. The highest BCUT2D eigenvalue weighted by molar-refractivity contribution is 7.14. The summed E-state index contributed by atoms with van der Waals surface area (Å²) in [6, 6.07) is 13.7. The zero-order valence-electron chi connectivity index (χ0n) is 15.3. The summed E-state index contributed by atoms with van der Waals surface area (Å²) in [6.45, 7) is 4.03. The Bertz CT molecular complexity index is 915. The summed E-state index contributed by atoms with van der Waals surface area (Å²) in [4.78, 5) is 24.8. The van der Waals surface area contributed by atoms with Gasteiger partial charge in [-0.2, -0.15) is 0 Å². The number of pyridine rings is 1. The molecule has 0 saturated carbocycles. The SMILES string of the molecule is Cc1nc(-c2ccccc2)c(C(=O)Nc2ccc(N3CCCCC3)nc2)s1. The molecule has 1 N–H and O–H groups in total. The fraction of sp³-hybridized carbons (Fsp3) is 0.286. The predicted octanol–water partition coefficient (Wildman–Crippen LogP) is 4.76. The number of carbonyl (C=O) groups excluding carboxylic acids is 1. The Kier molecular flexibility index (Phi) is 5.16. The summed E-state index contributed by atoms with van der Waals surface area (Å²) in [5.41, 5.74) is 2.38. The van der Waals surface area contributed by atoms with Crippen LogP contribution in [0.3, 0.4) is 0 Å². The zero-order chi connectivity index (χ0) is 18.6.